The van der Waals surface area contributed by atoms with Gasteiger partial charge in [0.15, 0.2) is 23.1 Å². The van der Waals surface area contributed by atoms with Crippen molar-refractivity contribution >= 4 is 23.2 Å². The maximum atomic E-state index is 13.6. The highest BCUT2D eigenvalue weighted by atomic mass is 35.5. The fraction of sp³-hybridized carbons (Fsp3) is 0.571. The van der Waals surface area contributed by atoms with E-state index >= 15 is 0 Å². The van der Waals surface area contributed by atoms with Gasteiger partial charge in [0.25, 0.3) is 0 Å². The van der Waals surface area contributed by atoms with Crippen molar-refractivity contribution in [3.63, 3.8) is 0 Å². The molecule has 0 N–H and O–H groups in total. The number of methoxy groups -OCH3 is 1. The normalized spacial score (nSPS) is 22.1. The van der Waals surface area contributed by atoms with E-state index in [-0.39, 0.29) is 22.4 Å². The number of nitrogens with zero attached hydrogens (tertiary/aromatic N) is 1. The molecule has 0 unspecified atom stereocenters. The van der Waals surface area contributed by atoms with Crippen LogP contribution in [0.15, 0.2) is 34.7 Å². The van der Waals surface area contributed by atoms with Gasteiger partial charge in [-0.2, -0.15) is 0 Å². The van der Waals surface area contributed by atoms with Crippen LogP contribution in [0, 0.1) is 10.8 Å². The predicted octanol–water partition coefficient (Wildman–Crippen LogP) is 6.45. The first kappa shape index (κ1) is 24.8. The quantitative estimate of drug-likeness (QED) is 0.479. The first-order valence-electron chi connectivity index (χ1n) is 12.2. The van der Waals surface area contributed by atoms with Crippen LogP contribution in [-0.2, 0) is 9.59 Å². The molecule has 1 heterocycles. The topological polar surface area (TPSA) is 55.8 Å². The van der Waals surface area contributed by atoms with Crippen molar-refractivity contribution in [3.05, 3.63) is 45.3 Å². The first-order chi connectivity index (χ1) is 15.9. The van der Waals surface area contributed by atoms with Crippen molar-refractivity contribution in [1.29, 1.82) is 0 Å². The number of benzene rings is 1. The van der Waals surface area contributed by atoms with E-state index in [2.05, 4.69) is 32.6 Å². The lowest BCUT2D eigenvalue weighted by Gasteiger charge is -2.48. The van der Waals surface area contributed by atoms with E-state index in [4.69, 9.17) is 21.1 Å². The maximum Gasteiger partial charge on any atom is 0.179 e. The van der Waals surface area contributed by atoms with Crippen LogP contribution in [0.5, 0.6) is 11.5 Å². The van der Waals surface area contributed by atoms with Gasteiger partial charge in [-0.25, -0.2) is 0 Å². The van der Waals surface area contributed by atoms with Crippen LogP contribution in [0.25, 0.3) is 0 Å². The van der Waals surface area contributed by atoms with Gasteiger partial charge >= 0.3 is 0 Å². The Morgan fingerprint density at radius 1 is 0.971 bits per heavy atom. The first-order valence-corrected chi connectivity index (χ1v) is 12.5. The van der Waals surface area contributed by atoms with Gasteiger partial charge in [-0.05, 0) is 47.8 Å². The fourth-order valence-electron chi connectivity index (χ4n) is 5.75. The average molecular weight is 486 g/mol. The summed E-state index contributed by atoms with van der Waals surface area (Å²) in [5, 5.41) is 0.429. The molecule has 0 saturated heterocycles. The minimum absolute atomic E-state index is 0.105. The Balaban J connectivity index is 1.95. The molecule has 0 saturated carbocycles. The van der Waals surface area contributed by atoms with Crippen LogP contribution in [0.4, 0.5) is 0 Å². The molecule has 1 aromatic rings. The SMILES string of the molecule is CCCOc1c(Cl)cc(C2C3=C(CC(C)(C)CC3=O)N(C)C3=C2C(=O)CC(C)(C)C3)cc1OC. The molecule has 0 atom stereocenters. The second-order valence-corrected chi connectivity index (χ2v) is 11.9. The van der Waals surface area contributed by atoms with Gasteiger partial charge in [-0.1, -0.05) is 46.2 Å². The maximum absolute atomic E-state index is 13.6. The average Bonchev–Trinajstić information content (AvgIpc) is 2.72. The molecule has 1 aromatic carbocycles. The number of rotatable bonds is 5. The van der Waals surface area contributed by atoms with Crippen LogP contribution < -0.4 is 9.47 Å². The van der Waals surface area contributed by atoms with E-state index in [0.29, 0.717) is 36.0 Å². The summed E-state index contributed by atoms with van der Waals surface area (Å²) in [6.07, 6.45) is 3.34. The van der Waals surface area contributed by atoms with E-state index in [1.165, 1.54) is 0 Å². The van der Waals surface area contributed by atoms with Crippen molar-refractivity contribution in [3.8, 4) is 11.5 Å². The molecule has 0 amide bonds. The van der Waals surface area contributed by atoms with E-state index in [0.717, 1.165) is 47.4 Å². The molecule has 4 rings (SSSR count). The Morgan fingerprint density at radius 2 is 1.50 bits per heavy atom. The summed E-state index contributed by atoms with van der Waals surface area (Å²) in [4.78, 5) is 29.4. The van der Waals surface area contributed by atoms with Gasteiger partial charge in [0, 0.05) is 48.3 Å². The van der Waals surface area contributed by atoms with E-state index < -0.39 is 5.92 Å². The molecule has 5 nitrogen and oxygen atoms in total. The third-order valence-electron chi connectivity index (χ3n) is 7.22. The molecule has 0 bridgehead atoms. The molecular formula is C28H36ClNO4. The summed E-state index contributed by atoms with van der Waals surface area (Å²) in [5.41, 5.74) is 4.05. The minimum Gasteiger partial charge on any atom is -0.493 e. The zero-order valence-electron chi connectivity index (χ0n) is 21.4. The standard InChI is InChI=1S/C28H36ClNO4/c1-8-9-34-26-17(29)10-16(11-22(26)33-7)23-24-18(12-27(2,3)14-20(24)31)30(6)19-13-28(4,5)15-21(32)25(19)23/h10-11,23H,8-9,12-15H2,1-7H3. The Labute approximate surface area is 208 Å². The molecule has 3 aliphatic rings. The molecule has 0 aromatic heterocycles. The molecular weight excluding hydrogens is 450 g/mol. The number of carbonyl (C=O) groups is 2. The monoisotopic (exact) mass is 485 g/mol. The number of ketones is 2. The zero-order chi connectivity index (χ0) is 25.0. The summed E-state index contributed by atoms with van der Waals surface area (Å²) in [6, 6.07) is 3.74. The Hall–Kier alpha value is -2.27. The number of ether oxygens (including phenoxy) is 2. The zero-order valence-corrected chi connectivity index (χ0v) is 22.2. The van der Waals surface area contributed by atoms with Crippen LogP contribution in [0.2, 0.25) is 5.02 Å². The third-order valence-corrected chi connectivity index (χ3v) is 7.50. The van der Waals surface area contributed by atoms with Gasteiger partial charge in [-0.15, -0.1) is 0 Å². The smallest absolute Gasteiger partial charge is 0.179 e. The van der Waals surface area contributed by atoms with E-state index in [1.807, 2.05) is 26.1 Å². The van der Waals surface area contributed by atoms with Gasteiger partial charge in [0.1, 0.15) is 0 Å². The fourth-order valence-corrected chi connectivity index (χ4v) is 6.02. The van der Waals surface area contributed by atoms with E-state index in [1.54, 1.807) is 7.11 Å². The van der Waals surface area contributed by atoms with Crippen molar-refractivity contribution in [2.75, 3.05) is 20.8 Å². The second-order valence-electron chi connectivity index (χ2n) is 11.5. The lowest BCUT2D eigenvalue weighted by atomic mass is 9.63. The van der Waals surface area contributed by atoms with Crippen LogP contribution in [-0.4, -0.2) is 37.2 Å². The van der Waals surface area contributed by atoms with E-state index in [9.17, 15) is 9.59 Å². The number of allylic oxidation sites excluding steroid dienone is 4. The predicted molar refractivity (Wildman–Crippen MR) is 134 cm³/mol. The largest absolute Gasteiger partial charge is 0.493 e. The molecule has 34 heavy (non-hydrogen) atoms. The van der Waals surface area contributed by atoms with Crippen LogP contribution >= 0.6 is 11.6 Å². The lowest BCUT2D eigenvalue weighted by Crippen LogP contribution is -2.43. The summed E-state index contributed by atoms with van der Waals surface area (Å²) in [5.74, 6) is 0.784. The molecule has 0 fully saturated rings. The number of halogens is 1. The molecule has 0 radical (unpaired) electrons. The van der Waals surface area contributed by atoms with Gasteiger partial charge in [-0.3, -0.25) is 9.59 Å². The number of hydrogen-bond donors (Lipinski definition) is 0. The molecule has 0 spiro atoms. The van der Waals surface area contributed by atoms with Crippen molar-refractivity contribution in [1.82, 2.24) is 4.90 Å². The summed E-state index contributed by atoms with van der Waals surface area (Å²) in [7, 11) is 3.60. The number of hydrogen-bond acceptors (Lipinski definition) is 5. The van der Waals surface area contributed by atoms with Gasteiger partial charge < -0.3 is 14.4 Å². The molecule has 184 valence electrons. The lowest BCUT2D eigenvalue weighted by molar-refractivity contribution is -0.119. The van der Waals surface area contributed by atoms with Crippen LogP contribution in [0.3, 0.4) is 0 Å². The third kappa shape index (κ3) is 4.28. The molecule has 2 aliphatic carbocycles. The molecule has 1 aliphatic heterocycles. The minimum atomic E-state index is -0.444. The molecule has 6 heteroatoms. The van der Waals surface area contributed by atoms with Gasteiger partial charge in [0.2, 0.25) is 0 Å². The summed E-state index contributed by atoms with van der Waals surface area (Å²) >= 11 is 6.69. The Kier molecular flexibility index (Phi) is 6.39. The number of Topliss-reactive ketones (excluding diaryl/α,β-unsaturated/α-hetero) is 2. The summed E-state index contributed by atoms with van der Waals surface area (Å²) < 4.78 is 11.5. The van der Waals surface area contributed by atoms with Crippen LogP contribution in [0.1, 0.15) is 78.2 Å². The second kappa shape index (κ2) is 8.75. The number of carbonyl (C=O) groups excluding carboxylic acids is 2. The van der Waals surface area contributed by atoms with Crippen molar-refractivity contribution in [2.24, 2.45) is 10.8 Å². The Morgan fingerprint density at radius 3 is 1.97 bits per heavy atom. The van der Waals surface area contributed by atoms with Crippen molar-refractivity contribution < 1.29 is 19.1 Å². The highest BCUT2D eigenvalue weighted by molar-refractivity contribution is 6.32. The highest BCUT2D eigenvalue weighted by Gasteiger charge is 2.48. The Bertz CT molecular complexity index is 1060. The highest BCUT2D eigenvalue weighted by Crippen LogP contribution is 2.55. The van der Waals surface area contributed by atoms with Gasteiger partial charge in [0.05, 0.1) is 18.7 Å². The van der Waals surface area contributed by atoms with Crippen molar-refractivity contribution in [2.45, 2.75) is 72.6 Å². The summed E-state index contributed by atoms with van der Waals surface area (Å²) in [6.45, 7) is 11.1.